The molecule has 3 rings (SSSR count). The number of carbonyl (C=O) groups excluding carboxylic acids is 1. The first-order chi connectivity index (χ1) is 13.0. The average Bonchev–Trinajstić information content (AvgIpc) is 2.95. The number of esters is 1. The molecule has 0 N–H and O–H groups in total. The Morgan fingerprint density at radius 1 is 1.07 bits per heavy atom. The van der Waals surface area contributed by atoms with E-state index in [1.165, 1.54) is 25.3 Å². The van der Waals surface area contributed by atoms with Gasteiger partial charge in [-0.3, -0.25) is 0 Å². The van der Waals surface area contributed by atoms with Crippen molar-refractivity contribution >= 4 is 12.0 Å². The zero-order valence-electron chi connectivity index (χ0n) is 15.3. The van der Waals surface area contributed by atoms with Crippen LogP contribution in [0.25, 0.3) is 11.8 Å². The fraction of sp³-hybridized carbons (Fsp3) is 0.143. The molecule has 1 aromatic heterocycles. The Hall–Kier alpha value is -3.41. The predicted octanol–water partition coefficient (Wildman–Crippen LogP) is 4.26. The highest BCUT2D eigenvalue weighted by Gasteiger charge is 2.12. The molecule has 5 nitrogen and oxygen atoms in total. The fourth-order valence-electron chi connectivity index (χ4n) is 2.73. The van der Waals surface area contributed by atoms with E-state index in [-0.39, 0.29) is 5.82 Å². The molecular formula is C21H19FN2O3. The van der Waals surface area contributed by atoms with Gasteiger partial charge >= 0.3 is 5.97 Å². The number of rotatable bonds is 5. The van der Waals surface area contributed by atoms with Gasteiger partial charge in [0.15, 0.2) is 11.5 Å². The van der Waals surface area contributed by atoms with Crippen LogP contribution in [0, 0.1) is 19.7 Å². The molecule has 27 heavy (non-hydrogen) atoms. The molecule has 0 unspecified atom stereocenters. The predicted molar refractivity (Wildman–Crippen MR) is 101 cm³/mol. The first kappa shape index (κ1) is 18.4. The molecule has 1 heterocycles. The number of aryl methyl sites for hydroxylation is 1. The molecule has 2 aromatic carbocycles. The molecule has 0 aliphatic rings. The van der Waals surface area contributed by atoms with E-state index in [1.807, 2.05) is 13.8 Å². The molecule has 0 bridgehead atoms. The van der Waals surface area contributed by atoms with Crippen LogP contribution in [0.2, 0.25) is 0 Å². The summed E-state index contributed by atoms with van der Waals surface area (Å²) in [6.45, 7) is 3.73. The van der Waals surface area contributed by atoms with Crippen molar-refractivity contribution in [3.05, 3.63) is 77.4 Å². The van der Waals surface area contributed by atoms with Gasteiger partial charge in [0, 0.05) is 17.3 Å². The number of carbonyl (C=O) groups is 1. The second-order valence-electron chi connectivity index (χ2n) is 5.88. The number of nitrogens with zero attached hydrogens (tertiary/aromatic N) is 2. The molecule has 3 aromatic rings. The van der Waals surface area contributed by atoms with Crippen molar-refractivity contribution in [3.8, 4) is 17.2 Å². The molecule has 138 valence electrons. The third kappa shape index (κ3) is 4.06. The molecule has 0 aliphatic carbocycles. The van der Waals surface area contributed by atoms with Gasteiger partial charge in [0.2, 0.25) is 0 Å². The molecule has 0 spiro atoms. The van der Waals surface area contributed by atoms with Gasteiger partial charge in [0.05, 0.1) is 18.5 Å². The SMILES string of the molecule is COc1ccccc1OC(=O)C=Cc1c(C)nn(-c2ccc(F)cc2)c1C. The molecular weight excluding hydrogens is 347 g/mol. The zero-order chi connectivity index (χ0) is 19.4. The molecule has 0 radical (unpaired) electrons. The van der Waals surface area contributed by atoms with Gasteiger partial charge in [-0.25, -0.2) is 13.9 Å². The second-order valence-corrected chi connectivity index (χ2v) is 5.88. The summed E-state index contributed by atoms with van der Waals surface area (Å²) in [4.78, 5) is 12.2. The topological polar surface area (TPSA) is 53.4 Å². The molecule has 0 saturated heterocycles. The first-order valence-electron chi connectivity index (χ1n) is 8.34. The van der Waals surface area contributed by atoms with Crippen molar-refractivity contribution in [2.45, 2.75) is 13.8 Å². The van der Waals surface area contributed by atoms with Crippen molar-refractivity contribution in [2.75, 3.05) is 7.11 Å². The molecule has 0 atom stereocenters. The maximum Gasteiger partial charge on any atom is 0.336 e. The Morgan fingerprint density at radius 2 is 1.74 bits per heavy atom. The third-order valence-corrected chi connectivity index (χ3v) is 4.08. The number of ether oxygens (including phenoxy) is 2. The standard InChI is InChI=1S/C21H19FN2O3/c1-14-18(15(2)24(23-14)17-10-8-16(22)9-11-17)12-13-21(25)27-20-7-5-4-6-19(20)26-3/h4-13H,1-3H3. The molecule has 0 fully saturated rings. The zero-order valence-corrected chi connectivity index (χ0v) is 15.3. The van der Waals surface area contributed by atoms with E-state index in [1.54, 1.807) is 47.2 Å². The van der Waals surface area contributed by atoms with Gasteiger partial charge in [0.25, 0.3) is 0 Å². The average molecular weight is 366 g/mol. The van der Waals surface area contributed by atoms with E-state index < -0.39 is 5.97 Å². The summed E-state index contributed by atoms with van der Waals surface area (Å²) in [5.41, 5.74) is 3.13. The quantitative estimate of drug-likeness (QED) is 0.385. The maximum absolute atomic E-state index is 13.1. The number of para-hydroxylation sites is 2. The van der Waals surface area contributed by atoms with Crippen LogP contribution in [0.1, 0.15) is 17.0 Å². The lowest BCUT2D eigenvalue weighted by molar-refractivity contribution is -0.129. The molecule has 0 aliphatic heterocycles. The van der Waals surface area contributed by atoms with E-state index in [0.717, 1.165) is 22.6 Å². The van der Waals surface area contributed by atoms with Crippen LogP contribution < -0.4 is 9.47 Å². The Morgan fingerprint density at radius 3 is 2.41 bits per heavy atom. The largest absolute Gasteiger partial charge is 0.493 e. The van der Waals surface area contributed by atoms with Crippen molar-refractivity contribution in [1.82, 2.24) is 9.78 Å². The molecule has 6 heteroatoms. The van der Waals surface area contributed by atoms with Crippen LogP contribution in [-0.2, 0) is 4.79 Å². The number of benzene rings is 2. The smallest absolute Gasteiger partial charge is 0.336 e. The number of hydrogen-bond acceptors (Lipinski definition) is 4. The monoisotopic (exact) mass is 366 g/mol. The maximum atomic E-state index is 13.1. The van der Waals surface area contributed by atoms with Gasteiger partial charge in [-0.15, -0.1) is 0 Å². The van der Waals surface area contributed by atoms with Crippen LogP contribution >= 0.6 is 0 Å². The minimum Gasteiger partial charge on any atom is -0.493 e. The number of halogens is 1. The summed E-state index contributed by atoms with van der Waals surface area (Å²) < 4.78 is 25.3. The van der Waals surface area contributed by atoms with E-state index in [9.17, 15) is 9.18 Å². The summed E-state index contributed by atoms with van der Waals surface area (Å²) in [5.74, 6) is 0.00756. The number of aromatic nitrogens is 2. The van der Waals surface area contributed by atoms with Gasteiger partial charge in [0.1, 0.15) is 5.82 Å². The summed E-state index contributed by atoms with van der Waals surface area (Å²) in [6, 6.07) is 13.0. The highest BCUT2D eigenvalue weighted by atomic mass is 19.1. The van der Waals surface area contributed by atoms with E-state index in [0.29, 0.717) is 11.5 Å². The van der Waals surface area contributed by atoms with Crippen LogP contribution in [0.4, 0.5) is 4.39 Å². The minimum atomic E-state index is -0.521. The Kier molecular flexibility index (Phi) is 5.35. The minimum absolute atomic E-state index is 0.306. The van der Waals surface area contributed by atoms with Gasteiger partial charge in [-0.1, -0.05) is 12.1 Å². The van der Waals surface area contributed by atoms with Crippen molar-refractivity contribution in [3.63, 3.8) is 0 Å². The highest BCUT2D eigenvalue weighted by molar-refractivity contribution is 5.89. The number of methoxy groups -OCH3 is 1. The van der Waals surface area contributed by atoms with Crippen molar-refractivity contribution in [2.24, 2.45) is 0 Å². The summed E-state index contributed by atoms with van der Waals surface area (Å²) in [6.07, 6.45) is 3.01. The summed E-state index contributed by atoms with van der Waals surface area (Å²) in [7, 11) is 1.51. The van der Waals surface area contributed by atoms with Crippen LogP contribution in [-0.4, -0.2) is 22.9 Å². The lowest BCUT2D eigenvalue weighted by Gasteiger charge is -2.06. The molecule has 0 saturated carbocycles. The Bertz CT molecular complexity index is 991. The summed E-state index contributed by atoms with van der Waals surface area (Å²) in [5, 5.41) is 4.47. The second kappa shape index (κ2) is 7.86. The van der Waals surface area contributed by atoms with Crippen molar-refractivity contribution < 1.29 is 18.7 Å². The lowest BCUT2D eigenvalue weighted by atomic mass is 10.2. The van der Waals surface area contributed by atoms with Crippen LogP contribution in [0.15, 0.2) is 54.6 Å². The lowest BCUT2D eigenvalue weighted by Crippen LogP contribution is -2.05. The van der Waals surface area contributed by atoms with Crippen LogP contribution in [0.3, 0.4) is 0 Å². The van der Waals surface area contributed by atoms with Crippen LogP contribution in [0.5, 0.6) is 11.5 Å². The van der Waals surface area contributed by atoms with Gasteiger partial charge < -0.3 is 9.47 Å². The molecule has 0 amide bonds. The van der Waals surface area contributed by atoms with E-state index >= 15 is 0 Å². The summed E-state index contributed by atoms with van der Waals surface area (Å²) >= 11 is 0. The van der Waals surface area contributed by atoms with E-state index in [2.05, 4.69) is 5.10 Å². The Labute approximate surface area is 156 Å². The van der Waals surface area contributed by atoms with Crippen molar-refractivity contribution in [1.29, 1.82) is 0 Å². The highest BCUT2D eigenvalue weighted by Crippen LogP contribution is 2.26. The fourth-order valence-corrected chi connectivity index (χ4v) is 2.73. The van der Waals surface area contributed by atoms with Gasteiger partial charge in [-0.2, -0.15) is 5.10 Å². The third-order valence-electron chi connectivity index (χ3n) is 4.08. The normalized spacial score (nSPS) is 11.0. The van der Waals surface area contributed by atoms with Gasteiger partial charge in [-0.05, 0) is 56.3 Å². The Balaban J connectivity index is 1.81. The van der Waals surface area contributed by atoms with E-state index in [4.69, 9.17) is 9.47 Å². The number of hydrogen-bond donors (Lipinski definition) is 0. The first-order valence-corrected chi connectivity index (χ1v) is 8.34.